The van der Waals surface area contributed by atoms with E-state index in [1.807, 2.05) is 6.07 Å². The van der Waals surface area contributed by atoms with Gasteiger partial charge in [0.05, 0.1) is 14.2 Å². The molecule has 0 fully saturated rings. The summed E-state index contributed by atoms with van der Waals surface area (Å²) in [7, 11) is 3.33. The van der Waals surface area contributed by atoms with Gasteiger partial charge in [-0.1, -0.05) is 12.1 Å². The Morgan fingerprint density at radius 2 is 1.88 bits per heavy atom. The molecule has 0 unspecified atom stereocenters. The van der Waals surface area contributed by atoms with E-state index in [2.05, 4.69) is 23.5 Å². The van der Waals surface area contributed by atoms with Crippen molar-refractivity contribution in [3.8, 4) is 11.5 Å². The van der Waals surface area contributed by atoms with Crippen molar-refractivity contribution in [2.45, 2.75) is 12.8 Å². The van der Waals surface area contributed by atoms with Crippen LogP contribution in [0.4, 0.5) is 0 Å². The molecule has 0 saturated heterocycles. The normalized spacial score (nSPS) is 16.0. The van der Waals surface area contributed by atoms with E-state index in [9.17, 15) is 0 Å². The predicted octanol–water partition coefficient (Wildman–Crippen LogP) is 2.47. The Kier molecular flexibility index (Phi) is 4.04. The largest absolute Gasteiger partial charge is 0.493 e. The highest BCUT2D eigenvalue weighted by molar-refractivity contribution is 5.68. The topological polar surface area (TPSA) is 30.5 Å². The first-order valence-corrected chi connectivity index (χ1v) is 5.97. The Morgan fingerprint density at radius 1 is 1.06 bits per heavy atom. The summed E-state index contributed by atoms with van der Waals surface area (Å²) in [6.45, 7) is 2.11. The van der Waals surface area contributed by atoms with Crippen LogP contribution in [0.2, 0.25) is 0 Å². The van der Waals surface area contributed by atoms with Gasteiger partial charge >= 0.3 is 0 Å². The number of rotatable bonds is 3. The molecule has 1 aliphatic rings. The third-order valence-corrected chi connectivity index (χ3v) is 3.04. The summed E-state index contributed by atoms with van der Waals surface area (Å²) < 4.78 is 10.6. The maximum atomic E-state index is 5.33. The van der Waals surface area contributed by atoms with Crippen LogP contribution in [0.5, 0.6) is 11.5 Å². The maximum absolute atomic E-state index is 5.33. The Bertz CT molecular complexity index is 413. The highest BCUT2D eigenvalue weighted by atomic mass is 16.5. The van der Waals surface area contributed by atoms with E-state index in [-0.39, 0.29) is 0 Å². The van der Waals surface area contributed by atoms with Crippen molar-refractivity contribution in [1.82, 2.24) is 5.32 Å². The molecule has 3 nitrogen and oxygen atoms in total. The van der Waals surface area contributed by atoms with Gasteiger partial charge in [0.2, 0.25) is 0 Å². The van der Waals surface area contributed by atoms with Crippen molar-refractivity contribution in [3.63, 3.8) is 0 Å². The second kappa shape index (κ2) is 5.73. The van der Waals surface area contributed by atoms with Gasteiger partial charge in [-0.25, -0.2) is 0 Å². The zero-order valence-corrected chi connectivity index (χ0v) is 10.5. The number of hydrogen-bond donors (Lipinski definition) is 1. The van der Waals surface area contributed by atoms with Crippen LogP contribution in [-0.2, 0) is 0 Å². The molecular formula is C14H19NO2. The first kappa shape index (κ1) is 12.0. The lowest BCUT2D eigenvalue weighted by Gasteiger charge is -2.11. The molecule has 92 valence electrons. The molecule has 0 saturated carbocycles. The first-order chi connectivity index (χ1) is 8.35. The van der Waals surface area contributed by atoms with Crippen LogP contribution >= 0.6 is 0 Å². The van der Waals surface area contributed by atoms with Gasteiger partial charge in [-0.2, -0.15) is 0 Å². The lowest BCUT2D eigenvalue weighted by atomic mass is 10.0. The highest BCUT2D eigenvalue weighted by Gasteiger charge is 2.09. The molecule has 3 heteroatoms. The highest BCUT2D eigenvalue weighted by Crippen LogP contribution is 2.31. The Labute approximate surface area is 102 Å². The number of hydrogen-bond acceptors (Lipinski definition) is 3. The van der Waals surface area contributed by atoms with Crippen LogP contribution < -0.4 is 14.8 Å². The van der Waals surface area contributed by atoms with E-state index in [1.54, 1.807) is 14.2 Å². The van der Waals surface area contributed by atoms with Gasteiger partial charge < -0.3 is 14.8 Å². The van der Waals surface area contributed by atoms with Crippen LogP contribution in [0.25, 0.3) is 5.57 Å². The summed E-state index contributed by atoms with van der Waals surface area (Å²) in [5.74, 6) is 1.58. The fraction of sp³-hybridized carbons (Fsp3) is 0.429. The molecule has 17 heavy (non-hydrogen) atoms. The van der Waals surface area contributed by atoms with Gasteiger partial charge in [-0.15, -0.1) is 0 Å². The minimum atomic E-state index is 0.781. The van der Waals surface area contributed by atoms with E-state index in [0.717, 1.165) is 37.4 Å². The average Bonchev–Trinajstić information content (AvgIpc) is 2.66. The summed E-state index contributed by atoms with van der Waals surface area (Å²) in [5, 5.41) is 3.39. The van der Waals surface area contributed by atoms with Gasteiger partial charge in [-0.3, -0.25) is 0 Å². The number of methoxy groups -OCH3 is 2. The Hall–Kier alpha value is -1.48. The summed E-state index contributed by atoms with van der Waals surface area (Å²) in [6.07, 6.45) is 4.46. The van der Waals surface area contributed by atoms with Gasteiger partial charge in [-0.05, 0) is 49.2 Å². The molecule has 0 radical (unpaired) electrons. The summed E-state index contributed by atoms with van der Waals surface area (Å²) in [4.78, 5) is 0. The van der Waals surface area contributed by atoms with Crippen molar-refractivity contribution in [3.05, 3.63) is 29.8 Å². The number of benzene rings is 1. The van der Waals surface area contributed by atoms with Crippen molar-refractivity contribution in [2.24, 2.45) is 0 Å². The van der Waals surface area contributed by atoms with Crippen molar-refractivity contribution < 1.29 is 9.47 Å². The third-order valence-electron chi connectivity index (χ3n) is 3.04. The van der Waals surface area contributed by atoms with Gasteiger partial charge in [0.1, 0.15) is 0 Å². The average molecular weight is 233 g/mol. The van der Waals surface area contributed by atoms with Gasteiger partial charge in [0.15, 0.2) is 11.5 Å². The minimum absolute atomic E-state index is 0.781. The molecule has 1 aliphatic heterocycles. The van der Waals surface area contributed by atoms with E-state index in [0.29, 0.717) is 0 Å². The second-order valence-electron chi connectivity index (χ2n) is 4.09. The predicted molar refractivity (Wildman–Crippen MR) is 69.6 cm³/mol. The number of ether oxygens (including phenoxy) is 2. The first-order valence-electron chi connectivity index (χ1n) is 5.97. The molecule has 1 N–H and O–H groups in total. The maximum Gasteiger partial charge on any atom is 0.161 e. The molecule has 0 atom stereocenters. The lowest BCUT2D eigenvalue weighted by molar-refractivity contribution is 0.355. The van der Waals surface area contributed by atoms with Crippen molar-refractivity contribution >= 4 is 5.57 Å². The molecular weight excluding hydrogens is 214 g/mol. The summed E-state index contributed by atoms with van der Waals surface area (Å²) >= 11 is 0. The third kappa shape index (κ3) is 2.80. The van der Waals surface area contributed by atoms with Crippen molar-refractivity contribution in [2.75, 3.05) is 27.3 Å². The Balaban J connectivity index is 2.28. The van der Waals surface area contributed by atoms with Crippen LogP contribution in [0.1, 0.15) is 18.4 Å². The van der Waals surface area contributed by atoms with Crippen LogP contribution in [0.15, 0.2) is 24.3 Å². The quantitative estimate of drug-likeness (QED) is 0.870. The SMILES string of the molecule is COc1ccc(C2=CCCNCC2)cc1OC. The van der Waals surface area contributed by atoms with Gasteiger partial charge in [0.25, 0.3) is 0 Å². The van der Waals surface area contributed by atoms with E-state index >= 15 is 0 Å². The molecule has 0 spiro atoms. The van der Waals surface area contributed by atoms with Gasteiger partial charge in [0, 0.05) is 0 Å². The summed E-state index contributed by atoms with van der Waals surface area (Å²) in [5.41, 5.74) is 2.61. The smallest absolute Gasteiger partial charge is 0.161 e. The molecule has 0 bridgehead atoms. The lowest BCUT2D eigenvalue weighted by Crippen LogP contribution is -2.13. The Morgan fingerprint density at radius 3 is 2.65 bits per heavy atom. The molecule has 0 aromatic heterocycles. The van der Waals surface area contributed by atoms with E-state index < -0.39 is 0 Å². The molecule has 0 amide bonds. The monoisotopic (exact) mass is 233 g/mol. The fourth-order valence-corrected chi connectivity index (χ4v) is 2.10. The number of nitrogens with one attached hydrogen (secondary N) is 1. The minimum Gasteiger partial charge on any atom is -0.493 e. The molecule has 1 aromatic rings. The molecule has 2 rings (SSSR count). The molecule has 1 aromatic carbocycles. The zero-order valence-electron chi connectivity index (χ0n) is 10.5. The van der Waals surface area contributed by atoms with E-state index in [4.69, 9.17) is 9.47 Å². The summed E-state index contributed by atoms with van der Waals surface area (Å²) in [6, 6.07) is 6.11. The van der Waals surface area contributed by atoms with Crippen LogP contribution in [-0.4, -0.2) is 27.3 Å². The molecule has 0 aliphatic carbocycles. The van der Waals surface area contributed by atoms with Crippen LogP contribution in [0, 0.1) is 0 Å². The van der Waals surface area contributed by atoms with Crippen LogP contribution in [0.3, 0.4) is 0 Å². The second-order valence-corrected chi connectivity index (χ2v) is 4.09. The van der Waals surface area contributed by atoms with E-state index in [1.165, 1.54) is 11.1 Å². The fourth-order valence-electron chi connectivity index (χ4n) is 2.10. The molecule has 1 heterocycles. The van der Waals surface area contributed by atoms with Crippen molar-refractivity contribution in [1.29, 1.82) is 0 Å². The zero-order chi connectivity index (χ0) is 12.1. The standard InChI is InChI=1S/C14H19NO2/c1-16-13-6-5-12(10-14(13)17-2)11-4-3-8-15-9-7-11/h4-6,10,15H,3,7-9H2,1-2H3.